The molecule has 0 saturated carbocycles. The molecule has 0 aliphatic carbocycles. The lowest BCUT2D eigenvalue weighted by Gasteiger charge is -1.91. The van der Waals surface area contributed by atoms with E-state index in [1.54, 1.807) is 23.5 Å². The van der Waals surface area contributed by atoms with Crippen molar-refractivity contribution in [1.29, 1.82) is 0 Å². The molecule has 0 saturated heterocycles. The predicted molar refractivity (Wildman–Crippen MR) is 59.1 cm³/mol. The smallest absolute Gasteiger partial charge is 0.276 e. The molecule has 0 N–H and O–H groups in total. The van der Waals surface area contributed by atoms with Crippen LogP contribution in [0.25, 0.3) is 10.2 Å². The molecule has 0 spiro atoms. The van der Waals surface area contributed by atoms with Crippen molar-refractivity contribution in [3.8, 4) is 0 Å². The van der Waals surface area contributed by atoms with Crippen LogP contribution in [0.5, 0.6) is 0 Å². The first-order valence-corrected chi connectivity index (χ1v) is 5.52. The fourth-order valence-electron chi connectivity index (χ4n) is 1.69. The summed E-state index contributed by atoms with van der Waals surface area (Å²) >= 11 is 1.66. The number of rotatable bonds is 2. The molecular formula is C10H11IN2O2S. The number of fused-ring (bicyclic) bond motifs is 1. The van der Waals surface area contributed by atoms with Crippen LogP contribution in [0.3, 0.4) is 0 Å². The number of aromatic nitrogens is 1. The van der Waals surface area contributed by atoms with E-state index in [9.17, 15) is 10.1 Å². The zero-order valence-corrected chi connectivity index (χ0v) is 11.9. The molecule has 0 aliphatic heterocycles. The summed E-state index contributed by atoms with van der Waals surface area (Å²) in [4.78, 5) is 10.3. The Morgan fingerprint density at radius 1 is 1.50 bits per heavy atom. The lowest BCUT2D eigenvalue weighted by molar-refractivity contribution is -0.669. The molecule has 0 bridgehead atoms. The molecule has 2 aromatic rings. The largest absolute Gasteiger partial charge is 1.00 e. The summed E-state index contributed by atoms with van der Waals surface area (Å²) in [6, 6.07) is 5.01. The second-order valence-corrected chi connectivity index (χ2v) is 4.51. The van der Waals surface area contributed by atoms with E-state index in [-0.39, 0.29) is 34.6 Å². The Bertz CT molecular complexity index is 539. The number of nitro benzene ring substituents is 1. The van der Waals surface area contributed by atoms with Crippen LogP contribution >= 0.6 is 11.3 Å². The molecule has 4 nitrogen and oxygen atoms in total. The second-order valence-electron chi connectivity index (χ2n) is 3.27. The van der Waals surface area contributed by atoms with E-state index in [0.717, 1.165) is 16.8 Å². The first-order valence-electron chi connectivity index (χ1n) is 4.71. The third-order valence-corrected chi connectivity index (χ3v) is 3.48. The van der Waals surface area contributed by atoms with Crippen LogP contribution in [-0.4, -0.2) is 4.92 Å². The number of thiazole rings is 1. The first-order chi connectivity index (χ1) is 7.13. The normalized spacial score (nSPS) is 10.1. The average molecular weight is 350 g/mol. The molecule has 1 aromatic carbocycles. The van der Waals surface area contributed by atoms with Crippen LogP contribution in [-0.2, 0) is 6.54 Å². The van der Waals surface area contributed by atoms with Crippen LogP contribution in [0.4, 0.5) is 5.69 Å². The summed E-state index contributed by atoms with van der Waals surface area (Å²) < 4.78 is 3.19. The Hall–Kier alpha value is -0.760. The number of non-ortho nitro benzene ring substituents is 1. The molecule has 0 atom stereocenters. The highest BCUT2D eigenvalue weighted by atomic mass is 127. The van der Waals surface area contributed by atoms with Crippen molar-refractivity contribution in [2.24, 2.45) is 0 Å². The SMILES string of the molecule is CC[n+]1c(C)sc2ccc([N+](=O)[O-])cc21.[I-]. The Balaban J connectivity index is 0.00000128. The predicted octanol–water partition coefficient (Wildman–Crippen LogP) is -0.571. The van der Waals surface area contributed by atoms with Crippen LogP contribution in [0.1, 0.15) is 11.9 Å². The van der Waals surface area contributed by atoms with Gasteiger partial charge in [0.15, 0.2) is 0 Å². The van der Waals surface area contributed by atoms with Gasteiger partial charge in [-0.15, -0.1) is 0 Å². The van der Waals surface area contributed by atoms with Crippen molar-refractivity contribution in [1.82, 2.24) is 0 Å². The number of nitro groups is 1. The highest BCUT2D eigenvalue weighted by molar-refractivity contribution is 7.18. The van der Waals surface area contributed by atoms with Crippen molar-refractivity contribution in [3.05, 3.63) is 33.3 Å². The third kappa shape index (κ3) is 2.17. The van der Waals surface area contributed by atoms with Gasteiger partial charge in [-0.2, -0.15) is 4.57 Å². The van der Waals surface area contributed by atoms with Gasteiger partial charge >= 0.3 is 0 Å². The van der Waals surface area contributed by atoms with Crippen LogP contribution in [0, 0.1) is 17.0 Å². The zero-order valence-electron chi connectivity index (χ0n) is 8.94. The van der Waals surface area contributed by atoms with Gasteiger partial charge in [0.1, 0.15) is 11.2 Å². The van der Waals surface area contributed by atoms with Crippen molar-refractivity contribution < 1.29 is 33.5 Å². The lowest BCUT2D eigenvalue weighted by atomic mass is 10.3. The van der Waals surface area contributed by atoms with Crippen molar-refractivity contribution >= 4 is 27.2 Å². The van der Waals surface area contributed by atoms with Crippen molar-refractivity contribution in [3.63, 3.8) is 0 Å². The summed E-state index contributed by atoms with van der Waals surface area (Å²) in [5, 5.41) is 11.8. The van der Waals surface area contributed by atoms with E-state index in [1.165, 1.54) is 5.01 Å². The zero-order chi connectivity index (χ0) is 11.0. The maximum Gasteiger partial charge on any atom is 0.276 e. The fourth-order valence-corrected chi connectivity index (χ4v) is 2.76. The maximum absolute atomic E-state index is 10.7. The molecule has 0 aliphatic rings. The third-order valence-electron chi connectivity index (χ3n) is 2.40. The number of nitrogens with zero attached hydrogens (tertiary/aromatic N) is 2. The van der Waals surface area contributed by atoms with E-state index >= 15 is 0 Å². The van der Waals surface area contributed by atoms with E-state index < -0.39 is 0 Å². The van der Waals surface area contributed by atoms with Gasteiger partial charge in [0.2, 0.25) is 10.5 Å². The molecule has 1 heterocycles. The summed E-state index contributed by atoms with van der Waals surface area (Å²) in [5.74, 6) is 0. The first kappa shape index (κ1) is 13.3. The molecule has 2 rings (SSSR count). The number of hydrogen-bond acceptors (Lipinski definition) is 3. The Kier molecular flexibility index (Phi) is 4.20. The minimum absolute atomic E-state index is 0. The summed E-state index contributed by atoms with van der Waals surface area (Å²) in [6.45, 7) is 4.91. The Morgan fingerprint density at radius 2 is 2.19 bits per heavy atom. The van der Waals surface area contributed by atoms with E-state index in [4.69, 9.17) is 0 Å². The van der Waals surface area contributed by atoms with Crippen molar-refractivity contribution in [2.75, 3.05) is 0 Å². The van der Waals surface area contributed by atoms with Gasteiger partial charge in [0, 0.05) is 13.0 Å². The van der Waals surface area contributed by atoms with Crippen LogP contribution in [0.2, 0.25) is 0 Å². The number of hydrogen-bond donors (Lipinski definition) is 0. The minimum atomic E-state index is -0.355. The Morgan fingerprint density at radius 3 is 2.75 bits per heavy atom. The number of halogens is 1. The highest BCUT2D eigenvalue weighted by Crippen LogP contribution is 2.24. The van der Waals surface area contributed by atoms with E-state index in [1.807, 2.05) is 19.9 Å². The molecule has 6 heteroatoms. The van der Waals surface area contributed by atoms with Crippen molar-refractivity contribution in [2.45, 2.75) is 20.4 Å². The average Bonchev–Trinajstić information content (AvgIpc) is 2.51. The molecule has 0 unspecified atom stereocenters. The quantitative estimate of drug-likeness (QED) is 0.315. The van der Waals surface area contributed by atoms with Gasteiger partial charge in [-0.05, 0) is 13.0 Å². The van der Waals surface area contributed by atoms with E-state index in [0.29, 0.717) is 0 Å². The van der Waals surface area contributed by atoms with Gasteiger partial charge in [0.25, 0.3) is 5.69 Å². The molecule has 1 aromatic heterocycles. The topological polar surface area (TPSA) is 47.0 Å². The van der Waals surface area contributed by atoms with Gasteiger partial charge in [-0.1, -0.05) is 11.3 Å². The lowest BCUT2D eigenvalue weighted by Crippen LogP contribution is -3.00. The number of benzene rings is 1. The minimum Gasteiger partial charge on any atom is -1.00 e. The van der Waals surface area contributed by atoms with Crippen LogP contribution < -0.4 is 28.5 Å². The summed E-state index contributed by atoms with van der Waals surface area (Å²) in [6.07, 6.45) is 0. The molecular weight excluding hydrogens is 339 g/mol. The number of aryl methyl sites for hydroxylation is 2. The van der Waals surface area contributed by atoms with Gasteiger partial charge in [-0.25, -0.2) is 0 Å². The molecule has 0 radical (unpaired) electrons. The van der Waals surface area contributed by atoms with Gasteiger partial charge in [0.05, 0.1) is 11.0 Å². The summed E-state index contributed by atoms with van der Waals surface area (Å²) in [5.41, 5.74) is 1.11. The van der Waals surface area contributed by atoms with Crippen LogP contribution in [0.15, 0.2) is 18.2 Å². The fraction of sp³-hybridized carbons (Fsp3) is 0.300. The molecule has 86 valence electrons. The Labute approximate surface area is 114 Å². The van der Waals surface area contributed by atoms with Gasteiger partial charge < -0.3 is 24.0 Å². The maximum atomic E-state index is 10.7. The van der Waals surface area contributed by atoms with E-state index in [2.05, 4.69) is 4.57 Å². The second kappa shape index (κ2) is 5.05. The molecule has 16 heavy (non-hydrogen) atoms. The monoisotopic (exact) mass is 350 g/mol. The standard InChI is InChI=1S/C10H11N2O2S.HI/c1-3-11-7(2)15-10-5-4-8(12(13)14)6-9(10)11;/h4-6H,3H2,1-2H3;1H/q+1;/p-1. The molecule has 0 amide bonds. The van der Waals surface area contributed by atoms with Gasteiger partial charge in [-0.3, -0.25) is 10.1 Å². The highest BCUT2D eigenvalue weighted by Gasteiger charge is 2.18. The molecule has 0 fully saturated rings. The summed E-state index contributed by atoms with van der Waals surface area (Å²) in [7, 11) is 0.